The first-order chi connectivity index (χ1) is 9.49. The van der Waals surface area contributed by atoms with Gasteiger partial charge in [0.15, 0.2) is 0 Å². The van der Waals surface area contributed by atoms with Gasteiger partial charge in [-0.25, -0.2) is 4.98 Å². The molecular formula is C14H20ClN3O2S. The van der Waals surface area contributed by atoms with Crippen LogP contribution in [0.3, 0.4) is 0 Å². The van der Waals surface area contributed by atoms with Crippen molar-refractivity contribution in [3.05, 3.63) is 34.4 Å². The highest BCUT2D eigenvalue weighted by atomic mass is 35.5. The molecule has 7 heteroatoms. The molecule has 0 radical (unpaired) electrons. The molecule has 0 spiro atoms. The predicted octanol–water partition coefficient (Wildman–Crippen LogP) is 3.38. The quantitative estimate of drug-likeness (QED) is 0.881. The third kappa shape index (κ3) is 4.56. The zero-order valence-corrected chi connectivity index (χ0v) is 13.9. The molecule has 0 aromatic carbocycles. The highest BCUT2D eigenvalue weighted by molar-refractivity contribution is 7.16. The number of anilines is 1. The van der Waals surface area contributed by atoms with Crippen LogP contribution in [0.5, 0.6) is 0 Å². The summed E-state index contributed by atoms with van der Waals surface area (Å²) in [6, 6.07) is 1.66. The van der Waals surface area contributed by atoms with E-state index < -0.39 is 0 Å². The summed E-state index contributed by atoms with van der Waals surface area (Å²) >= 11 is 1.49. The van der Waals surface area contributed by atoms with Crippen molar-refractivity contribution in [1.82, 2.24) is 4.98 Å². The molecule has 2 aromatic rings. The zero-order valence-electron chi connectivity index (χ0n) is 12.3. The van der Waals surface area contributed by atoms with Gasteiger partial charge < -0.3 is 15.5 Å². The number of amides is 1. The maximum atomic E-state index is 12.2. The normalized spacial score (nSPS) is 10.5. The predicted molar refractivity (Wildman–Crippen MR) is 87.2 cm³/mol. The second-order valence-electron chi connectivity index (χ2n) is 5.07. The summed E-state index contributed by atoms with van der Waals surface area (Å²) in [5, 5.41) is 4.67. The minimum absolute atomic E-state index is 0. The first kappa shape index (κ1) is 17.7. The second-order valence-corrected chi connectivity index (χ2v) is 6.27. The third-order valence-corrected chi connectivity index (χ3v) is 3.68. The van der Waals surface area contributed by atoms with Gasteiger partial charge in [-0.3, -0.25) is 4.79 Å². The van der Waals surface area contributed by atoms with Crippen molar-refractivity contribution in [2.45, 2.75) is 33.7 Å². The van der Waals surface area contributed by atoms with Gasteiger partial charge in [0.1, 0.15) is 17.0 Å². The van der Waals surface area contributed by atoms with Gasteiger partial charge in [-0.2, -0.15) is 0 Å². The van der Waals surface area contributed by atoms with Crippen LogP contribution in [0.4, 0.5) is 5.00 Å². The fourth-order valence-corrected chi connectivity index (χ4v) is 2.72. The number of carbonyl (C=O) groups is 1. The largest absolute Gasteiger partial charge is 0.467 e. The van der Waals surface area contributed by atoms with Crippen LogP contribution >= 0.6 is 23.7 Å². The number of nitrogens with one attached hydrogen (secondary N) is 1. The van der Waals surface area contributed by atoms with E-state index in [1.165, 1.54) is 17.6 Å². The van der Waals surface area contributed by atoms with Crippen LogP contribution in [0, 0.1) is 12.8 Å². The average Bonchev–Trinajstić information content (AvgIpc) is 2.96. The molecule has 5 nitrogen and oxygen atoms in total. The topological polar surface area (TPSA) is 81.2 Å². The van der Waals surface area contributed by atoms with E-state index >= 15 is 0 Å². The Labute approximate surface area is 134 Å². The fraction of sp³-hybridized carbons (Fsp3) is 0.429. The Morgan fingerprint density at radius 2 is 2.24 bits per heavy atom. The summed E-state index contributed by atoms with van der Waals surface area (Å²) < 4.78 is 5.17. The molecule has 0 fully saturated rings. The lowest BCUT2D eigenvalue weighted by Crippen LogP contribution is -2.12. The Morgan fingerprint density at radius 3 is 2.81 bits per heavy atom. The van der Waals surface area contributed by atoms with Gasteiger partial charge in [-0.15, -0.1) is 23.7 Å². The maximum Gasteiger partial charge on any atom is 0.259 e. The molecule has 0 atom stereocenters. The third-order valence-electron chi connectivity index (χ3n) is 2.75. The van der Waals surface area contributed by atoms with E-state index in [1.807, 2.05) is 6.92 Å². The van der Waals surface area contributed by atoms with Crippen LogP contribution in [0.1, 0.15) is 40.7 Å². The van der Waals surface area contributed by atoms with Crippen molar-refractivity contribution in [2.75, 3.05) is 5.32 Å². The number of nitrogens with zero attached hydrogens (tertiary/aromatic N) is 1. The molecule has 0 saturated heterocycles. The Bertz CT molecular complexity index is 607. The van der Waals surface area contributed by atoms with Crippen LogP contribution in [-0.2, 0) is 13.0 Å². The minimum atomic E-state index is -0.192. The van der Waals surface area contributed by atoms with E-state index in [2.05, 4.69) is 24.1 Å². The van der Waals surface area contributed by atoms with Gasteiger partial charge in [0.25, 0.3) is 5.91 Å². The highest BCUT2D eigenvalue weighted by Gasteiger charge is 2.16. The van der Waals surface area contributed by atoms with Crippen molar-refractivity contribution < 1.29 is 9.21 Å². The number of aryl methyl sites for hydroxylation is 1. The Hall–Kier alpha value is -1.37. The maximum absolute atomic E-state index is 12.2. The first-order valence-electron chi connectivity index (χ1n) is 6.54. The number of furan rings is 1. The van der Waals surface area contributed by atoms with Crippen LogP contribution in [0.25, 0.3) is 0 Å². The fourth-order valence-electron chi connectivity index (χ4n) is 1.88. The van der Waals surface area contributed by atoms with Crippen molar-refractivity contribution in [3.63, 3.8) is 0 Å². The van der Waals surface area contributed by atoms with Gasteiger partial charge in [0.05, 0.1) is 22.8 Å². The van der Waals surface area contributed by atoms with E-state index in [1.54, 1.807) is 6.07 Å². The number of hydrogen-bond donors (Lipinski definition) is 2. The molecule has 2 rings (SSSR count). The van der Waals surface area contributed by atoms with Crippen LogP contribution in [0.2, 0.25) is 0 Å². The van der Waals surface area contributed by atoms with Crippen molar-refractivity contribution >= 4 is 34.7 Å². The Morgan fingerprint density at radius 1 is 1.52 bits per heavy atom. The second kappa shape index (κ2) is 7.59. The lowest BCUT2D eigenvalue weighted by Gasteiger charge is -2.05. The van der Waals surface area contributed by atoms with Crippen LogP contribution in [0.15, 0.2) is 16.7 Å². The van der Waals surface area contributed by atoms with Crippen molar-refractivity contribution in [2.24, 2.45) is 11.7 Å². The number of rotatable bonds is 5. The SMILES string of the molecule is Cc1nc(CC(C)C)c(NC(=O)c2coc(CN)c2)s1.Cl. The van der Waals surface area contributed by atoms with Gasteiger partial charge in [0, 0.05) is 0 Å². The molecule has 0 saturated carbocycles. The van der Waals surface area contributed by atoms with E-state index in [9.17, 15) is 4.79 Å². The number of halogens is 1. The molecule has 0 aliphatic heterocycles. The Kier molecular flexibility index (Phi) is 6.39. The smallest absolute Gasteiger partial charge is 0.259 e. The summed E-state index contributed by atoms with van der Waals surface area (Å²) in [6.07, 6.45) is 2.27. The monoisotopic (exact) mass is 329 g/mol. The molecule has 2 aromatic heterocycles. The number of nitrogens with two attached hydrogens (primary N) is 1. The molecule has 0 bridgehead atoms. The lowest BCUT2D eigenvalue weighted by atomic mass is 10.1. The molecule has 0 unspecified atom stereocenters. The summed E-state index contributed by atoms with van der Waals surface area (Å²) in [4.78, 5) is 16.6. The molecule has 0 aliphatic rings. The average molecular weight is 330 g/mol. The van der Waals surface area contributed by atoms with Crippen molar-refractivity contribution in [3.8, 4) is 0 Å². The highest BCUT2D eigenvalue weighted by Crippen LogP contribution is 2.27. The van der Waals surface area contributed by atoms with Gasteiger partial charge in [0.2, 0.25) is 0 Å². The molecule has 2 heterocycles. The summed E-state index contributed by atoms with van der Waals surface area (Å²) in [6.45, 7) is 6.48. The zero-order chi connectivity index (χ0) is 14.7. The Balaban J connectivity index is 0.00000220. The van der Waals surface area contributed by atoms with E-state index in [0.29, 0.717) is 17.2 Å². The van der Waals surface area contributed by atoms with Crippen molar-refractivity contribution in [1.29, 1.82) is 0 Å². The van der Waals surface area contributed by atoms with Gasteiger partial charge in [-0.1, -0.05) is 13.8 Å². The van der Waals surface area contributed by atoms with Crippen LogP contribution < -0.4 is 11.1 Å². The van der Waals surface area contributed by atoms with Gasteiger partial charge in [-0.05, 0) is 25.3 Å². The minimum Gasteiger partial charge on any atom is -0.467 e. The molecule has 0 aliphatic carbocycles. The van der Waals surface area contributed by atoms with E-state index in [0.717, 1.165) is 22.1 Å². The summed E-state index contributed by atoms with van der Waals surface area (Å²) in [7, 11) is 0. The standard InChI is InChI=1S/C14H19N3O2S.ClH/c1-8(2)4-12-14(20-9(3)16-12)17-13(18)10-5-11(6-15)19-7-10;/h5,7-8H,4,6,15H2,1-3H3,(H,17,18);1H. The number of aromatic nitrogens is 1. The van der Waals surface area contributed by atoms with E-state index in [4.69, 9.17) is 10.2 Å². The lowest BCUT2D eigenvalue weighted by molar-refractivity contribution is 0.102. The number of thiazole rings is 1. The molecule has 3 N–H and O–H groups in total. The summed E-state index contributed by atoms with van der Waals surface area (Å²) in [5.41, 5.74) is 6.89. The molecule has 21 heavy (non-hydrogen) atoms. The van der Waals surface area contributed by atoms with E-state index in [-0.39, 0.29) is 24.9 Å². The molecule has 116 valence electrons. The first-order valence-corrected chi connectivity index (χ1v) is 7.36. The van der Waals surface area contributed by atoms with Gasteiger partial charge >= 0.3 is 0 Å². The van der Waals surface area contributed by atoms with Crippen LogP contribution in [-0.4, -0.2) is 10.9 Å². The molecular weight excluding hydrogens is 310 g/mol. The summed E-state index contributed by atoms with van der Waals surface area (Å²) in [5.74, 6) is 0.894. The number of carbonyl (C=O) groups excluding carboxylic acids is 1. The molecule has 1 amide bonds. The number of hydrogen-bond acceptors (Lipinski definition) is 5.